The molecule has 0 aliphatic rings. The molecule has 26 heavy (non-hydrogen) atoms. The lowest BCUT2D eigenvalue weighted by Crippen LogP contribution is -2.41. The van der Waals surface area contributed by atoms with Gasteiger partial charge in [-0.05, 0) is 44.0 Å². The van der Waals surface area contributed by atoms with Gasteiger partial charge < -0.3 is 0 Å². The van der Waals surface area contributed by atoms with E-state index in [2.05, 4.69) is 20.9 Å². The summed E-state index contributed by atoms with van der Waals surface area (Å²) in [4.78, 5) is 29.3. The first-order valence-corrected chi connectivity index (χ1v) is 8.41. The van der Waals surface area contributed by atoms with Crippen LogP contribution >= 0.6 is 0 Å². The first-order valence-electron chi connectivity index (χ1n) is 8.41. The van der Waals surface area contributed by atoms with Crippen LogP contribution in [0.3, 0.4) is 0 Å². The number of benzene rings is 1. The number of hydrogen-bond donors (Lipinski definition) is 2. The van der Waals surface area contributed by atoms with Crippen LogP contribution in [0.15, 0.2) is 30.3 Å². The highest BCUT2D eigenvalue weighted by atomic mass is 16.2. The Labute approximate surface area is 151 Å². The van der Waals surface area contributed by atoms with Gasteiger partial charge in [0.2, 0.25) is 0 Å². The summed E-state index contributed by atoms with van der Waals surface area (Å²) in [5, 5.41) is 5.00. The van der Waals surface area contributed by atoms with E-state index in [1.165, 1.54) is 0 Å². The minimum atomic E-state index is -0.407. The number of nitrogens with zero attached hydrogens (tertiary/aromatic N) is 3. The van der Waals surface area contributed by atoms with Crippen molar-refractivity contribution in [1.29, 1.82) is 0 Å². The van der Waals surface area contributed by atoms with Gasteiger partial charge in [0.1, 0.15) is 0 Å². The van der Waals surface area contributed by atoms with Crippen molar-refractivity contribution < 1.29 is 9.59 Å². The van der Waals surface area contributed by atoms with Crippen LogP contribution in [0.25, 0.3) is 11.0 Å². The fourth-order valence-corrected chi connectivity index (χ4v) is 2.89. The standard InChI is InChI=1S/C19H21N5O2/c1-5-13-6-8-14(9-7-13)18(25)21-22-19(26)15-10-11(2)20-17-16(15)12(3)23-24(17)4/h6-10H,5H2,1-4H3,(H,21,25)(H,22,26). The van der Waals surface area contributed by atoms with E-state index in [1.54, 1.807) is 29.9 Å². The van der Waals surface area contributed by atoms with Crippen molar-refractivity contribution in [2.24, 2.45) is 7.05 Å². The Bertz CT molecular complexity index is 989. The van der Waals surface area contributed by atoms with Gasteiger partial charge in [0.25, 0.3) is 11.8 Å². The fraction of sp³-hybridized carbons (Fsp3) is 0.263. The highest BCUT2D eigenvalue weighted by Gasteiger charge is 2.18. The molecule has 0 saturated carbocycles. The molecule has 7 heteroatoms. The van der Waals surface area contributed by atoms with Gasteiger partial charge >= 0.3 is 0 Å². The molecule has 134 valence electrons. The number of carbonyl (C=O) groups excluding carboxylic acids is 2. The average molecular weight is 351 g/mol. The Morgan fingerprint density at radius 1 is 1.08 bits per heavy atom. The smallest absolute Gasteiger partial charge is 0.267 e. The Morgan fingerprint density at radius 3 is 2.38 bits per heavy atom. The van der Waals surface area contributed by atoms with Crippen LogP contribution in [0, 0.1) is 13.8 Å². The summed E-state index contributed by atoms with van der Waals surface area (Å²) in [6.07, 6.45) is 0.903. The van der Waals surface area contributed by atoms with Crippen molar-refractivity contribution in [2.75, 3.05) is 0 Å². The van der Waals surface area contributed by atoms with E-state index in [0.29, 0.717) is 33.5 Å². The third-order valence-corrected chi connectivity index (χ3v) is 4.26. The zero-order chi connectivity index (χ0) is 18.8. The number of aryl methyl sites for hydroxylation is 4. The Kier molecular flexibility index (Phi) is 4.71. The molecule has 0 spiro atoms. The molecule has 3 rings (SSSR count). The minimum Gasteiger partial charge on any atom is -0.267 e. The van der Waals surface area contributed by atoms with Gasteiger partial charge in [-0.15, -0.1) is 0 Å². The quantitative estimate of drug-likeness (QED) is 0.708. The molecule has 2 N–H and O–H groups in total. The van der Waals surface area contributed by atoms with Crippen molar-refractivity contribution in [3.63, 3.8) is 0 Å². The molecule has 0 atom stereocenters. The highest BCUT2D eigenvalue weighted by Crippen LogP contribution is 2.21. The monoisotopic (exact) mass is 351 g/mol. The molecular weight excluding hydrogens is 330 g/mol. The lowest BCUT2D eigenvalue weighted by Gasteiger charge is -2.09. The van der Waals surface area contributed by atoms with Crippen LogP contribution in [0.5, 0.6) is 0 Å². The molecule has 0 aliphatic heterocycles. The molecule has 3 aromatic rings. The van der Waals surface area contributed by atoms with Gasteiger partial charge in [-0.1, -0.05) is 19.1 Å². The van der Waals surface area contributed by atoms with Gasteiger partial charge in [-0.25, -0.2) is 4.98 Å². The molecule has 2 heterocycles. The third kappa shape index (κ3) is 3.28. The molecular formula is C19H21N5O2. The summed E-state index contributed by atoms with van der Waals surface area (Å²) < 4.78 is 1.64. The summed E-state index contributed by atoms with van der Waals surface area (Å²) in [6, 6.07) is 8.95. The maximum Gasteiger partial charge on any atom is 0.270 e. The topological polar surface area (TPSA) is 88.9 Å². The van der Waals surface area contributed by atoms with Gasteiger partial charge in [0, 0.05) is 18.3 Å². The SMILES string of the molecule is CCc1ccc(C(=O)NNC(=O)c2cc(C)nc3c2c(C)nn3C)cc1. The van der Waals surface area contributed by atoms with E-state index < -0.39 is 5.91 Å². The molecule has 0 aliphatic carbocycles. The van der Waals surface area contributed by atoms with Gasteiger partial charge in [0.15, 0.2) is 5.65 Å². The second kappa shape index (κ2) is 6.95. The predicted molar refractivity (Wildman–Crippen MR) is 98.7 cm³/mol. The number of aromatic nitrogens is 3. The van der Waals surface area contributed by atoms with Gasteiger partial charge in [-0.2, -0.15) is 5.10 Å². The van der Waals surface area contributed by atoms with E-state index >= 15 is 0 Å². The van der Waals surface area contributed by atoms with Crippen LogP contribution in [-0.2, 0) is 13.5 Å². The number of hydrazine groups is 1. The molecule has 1 aromatic carbocycles. The van der Waals surface area contributed by atoms with Crippen LogP contribution in [0.1, 0.15) is 44.6 Å². The Hall–Kier alpha value is -3.22. The average Bonchev–Trinajstić information content (AvgIpc) is 2.92. The summed E-state index contributed by atoms with van der Waals surface area (Å²) in [6.45, 7) is 5.68. The zero-order valence-electron chi connectivity index (χ0n) is 15.3. The highest BCUT2D eigenvalue weighted by molar-refractivity contribution is 6.07. The number of amides is 2. The number of hydrogen-bond acceptors (Lipinski definition) is 4. The first-order chi connectivity index (χ1) is 12.4. The lowest BCUT2D eigenvalue weighted by atomic mass is 10.1. The Morgan fingerprint density at radius 2 is 1.73 bits per heavy atom. The predicted octanol–water partition coefficient (Wildman–Crippen LogP) is 2.22. The van der Waals surface area contributed by atoms with Crippen molar-refractivity contribution in [3.05, 3.63) is 58.4 Å². The summed E-state index contributed by atoms with van der Waals surface area (Å²) in [7, 11) is 1.78. The summed E-state index contributed by atoms with van der Waals surface area (Å²) >= 11 is 0. The van der Waals surface area contributed by atoms with Gasteiger partial charge in [0.05, 0.1) is 16.6 Å². The molecule has 0 unspecified atom stereocenters. The van der Waals surface area contributed by atoms with Crippen molar-refractivity contribution in [2.45, 2.75) is 27.2 Å². The number of fused-ring (bicyclic) bond motifs is 1. The molecule has 0 bridgehead atoms. The van der Waals surface area contributed by atoms with Crippen LogP contribution in [-0.4, -0.2) is 26.6 Å². The molecule has 2 aromatic heterocycles. The van der Waals surface area contributed by atoms with Crippen LogP contribution < -0.4 is 10.9 Å². The largest absolute Gasteiger partial charge is 0.270 e. The fourth-order valence-electron chi connectivity index (χ4n) is 2.89. The first kappa shape index (κ1) is 17.6. The lowest BCUT2D eigenvalue weighted by molar-refractivity contribution is 0.0847. The Balaban J connectivity index is 1.80. The zero-order valence-corrected chi connectivity index (χ0v) is 15.3. The van der Waals surface area contributed by atoms with E-state index in [4.69, 9.17) is 0 Å². The summed E-state index contributed by atoms with van der Waals surface area (Å²) in [5.41, 5.74) is 9.04. The van der Waals surface area contributed by atoms with Gasteiger partial charge in [-0.3, -0.25) is 25.1 Å². The normalized spacial score (nSPS) is 10.8. The van der Waals surface area contributed by atoms with Crippen LogP contribution in [0.2, 0.25) is 0 Å². The summed E-state index contributed by atoms with van der Waals surface area (Å²) in [5.74, 6) is -0.777. The number of pyridine rings is 1. The second-order valence-corrected chi connectivity index (χ2v) is 6.18. The minimum absolute atomic E-state index is 0.370. The van der Waals surface area contributed by atoms with Crippen molar-refractivity contribution in [1.82, 2.24) is 25.6 Å². The third-order valence-electron chi connectivity index (χ3n) is 4.26. The molecule has 2 amide bonds. The number of nitrogens with one attached hydrogen (secondary N) is 2. The van der Waals surface area contributed by atoms with Crippen LogP contribution in [0.4, 0.5) is 0 Å². The maximum absolute atomic E-state index is 12.6. The van der Waals surface area contributed by atoms with E-state index in [9.17, 15) is 9.59 Å². The number of rotatable bonds is 3. The molecule has 0 radical (unpaired) electrons. The van der Waals surface area contributed by atoms with Crippen molar-refractivity contribution in [3.8, 4) is 0 Å². The second-order valence-electron chi connectivity index (χ2n) is 6.18. The van der Waals surface area contributed by atoms with E-state index in [1.807, 2.05) is 32.9 Å². The molecule has 0 saturated heterocycles. The molecule has 0 fully saturated rings. The number of carbonyl (C=O) groups is 2. The maximum atomic E-state index is 12.6. The van der Waals surface area contributed by atoms with E-state index in [0.717, 1.165) is 12.0 Å². The van der Waals surface area contributed by atoms with Crippen molar-refractivity contribution >= 4 is 22.8 Å². The van der Waals surface area contributed by atoms with E-state index in [-0.39, 0.29) is 5.91 Å². The molecule has 7 nitrogen and oxygen atoms in total.